The van der Waals surface area contributed by atoms with Gasteiger partial charge in [0.15, 0.2) is 0 Å². The van der Waals surface area contributed by atoms with Crippen LogP contribution in [0.15, 0.2) is 24.3 Å². The zero-order chi connectivity index (χ0) is 15.0. The Kier molecular flexibility index (Phi) is 6.59. The first kappa shape index (κ1) is 16.0. The molecule has 1 amide bonds. The standard InChI is InChI=1S/C15H21NO4/c1-11(10-18-2)16-15(17)8-5-12-9-13(19-3)6-7-14(12)20-4/h5-9,11H,10H2,1-4H3,(H,16,17)/b8-5+. The molecule has 0 saturated heterocycles. The number of carbonyl (C=O) groups excluding carboxylic acids is 1. The van der Waals surface area contributed by atoms with Gasteiger partial charge in [-0.3, -0.25) is 4.79 Å². The van der Waals surface area contributed by atoms with E-state index in [-0.39, 0.29) is 11.9 Å². The number of rotatable bonds is 7. The number of ether oxygens (including phenoxy) is 3. The van der Waals surface area contributed by atoms with Crippen LogP contribution in [0.25, 0.3) is 6.08 Å². The predicted octanol–water partition coefficient (Wildman–Crippen LogP) is 1.87. The third kappa shape index (κ3) is 4.93. The lowest BCUT2D eigenvalue weighted by Crippen LogP contribution is -2.34. The van der Waals surface area contributed by atoms with Crippen LogP contribution >= 0.6 is 0 Å². The highest BCUT2D eigenvalue weighted by molar-refractivity contribution is 5.92. The normalized spacial score (nSPS) is 12.2. The number of amides is 1. The van der Waals surface area contributed by atoms with Gasteiger partial charge < -0.3 is 19.5 Å². The summed E-state index contributed by atoms with van der Waals surface area (Å²) in [6.45, 7) is 2.35. The van der Waals surface area contributed by atoms with E-state index in [1.165, 1.54) is 6.08 Å². The summed E-state index contributed by atoms with van der Waals surface area (Å²) in [6, 6.07) is 5.37. The van der Waals surface area contributed by atoms with Crippen LogP contribution in [0.5, 0.6) is 11.5 Å². The third-order valence-corrected chi connectivity index (χ3v) is 2.66. The van der Waals surface area contributed by atoms with Crippen LogP contribution in [0.1, 0.15) is 12.5 Å². The van der Waals surface area contributed by atoms with Crippen molar-refractivity contribution in [2.45, 2.75) is 13.0 Å². The van der Waals surface area contributed by atoms with Gasteiger partial charge >= 0.3 is 0 Å². The molecule has 0 aliphatic carbocycles. The van der Waals surface area contributed by atoms with Gasteiger partial charge in [-0.1, -0.05) is 0 Å². The molecule has 5 nitrogen and oxygen atoms in total. The number of nitrogens with one attached hydrogen (secondary N) is 1. The Bertz CT molecular complexity index is 471. The highest BCUT2D eigenvalue weighted by Gasteiger charge is 2.05. The third-order valence-electron chi connectivity index (χ3n) is 2.66. The summed E-state index contributed by atoms with van der Waals surface area (Å²) in [5.41, 5.74) is 0.779. The largest absolute Gasteiger partial charge is 0.497 e. The van der Waals surface area contributed by atoms with Crippen molar-refractivity contribution in [3.8, 4) is 11.5 Å². The van der Waals surface area contributed by atoms with Gasteiger partial charge in [0.25, 0.3) is 0 Å². The summed E-state index contributed by atoms with van der Waals surface area (Å²) in [5, 5.41) is 2.79. The van der Waals surface area contributed by atoms with E-state index in [4.69, 9.17) is 14.2 Å². The number of methoxy groups -OCH3 is 3. The molecule has 0 aromatic heterocycles. The Labute approximate surface area is 119 Å². The molecule has 1 N–H and O–H groups in total. The topological polar surface area (TPSA) is 56.8 Å². The minimum absolute atomic E-state index is 0.0376. The lowest BCUT2D eigenvalue weighted by atomic mass is 10.1. The van der Waals surface area contributed by atoms with Gasteiger partial charge in [0.1, 0.15) is 11.5 Å². The molecular formula is C15H21NO4. The summed E-state index contributed by atoms with van der Waals surface area (Å²) in [7, 11) is 4.77. The summed E-state index contributed by atoms with van der Waals surface area (Å²) in [5.74, 6) is 1.21. The maximum Gasteiger partial charge on any atom is 0.244 e. The SMILES string of the molecule is COCC(C)NC(=O)/C=C/c1cc(OC)ccc1OC. The molecule has 0 spiro atoms. The van der Waals surface area contributed by atoms with E-state index < -0.39 is 0 Å². The summed E-state index contributed by atoms with van der Waals surface area (Å²) in [4.78, 5) is 11.7. The van der Waals surface area contributed by atoms with E-state index in [9.17, 15) is 4.79 Å². The molecule has 0 aliphatic heterocycles. The fourth-order valence-electron chi connectivity index (χ4n) is 1.72. The molecule has 0 bridgehead atoms. The lowest BCUT2D eigenvalue weighted by Gasteiger charge is -2.11. The van der Waals surface area contributed by atoms with Crippen molar-refractivity contribution in [2.24, 2.45) is 0 Å². The molecule has 1 aromatic rings. The first-order valence-electron chi connectivity index (χ1n) is 6.30. The van der Waals surface area contributed by atoms with Gasteiger partial charge in [-0.2, -0.15) is 0 Å². The summed E-state index contributed by atoms with van der Waals surface area (Å²) in [6.07, 6.45) is 3.15. The Morgan fingerprint density at radius 3 is 2.65 bits per heavy atom. The first-order valence-corrected chi connectivity index (χ1v) is 6.30. The van der Waals surface area contributed by atoms with Crippen molar-refractivity contribution in [3.05, 3.63) is 29.8 Å². The predicted molar refractivity (Wildman–Crippen MR) is 78.1 cm³/mol. The van der Waals surface area contributed by atoms with Gasteiger partial charge in [0.05, 0.1) is 20.8 Å². The van der Waals surface area contributed by atoms with Crippen molar-refractivity contribution >= 4 is 12.0 Å². The van der Waals surface area contributed by atoms with Gasteiger partial charge in [0.2, 0.25) is 5.91 Å². The molecule has 1 rings (SSSR count). The highest BCUT2D eigenvalue weighted by Crippen LogP contribution is 2.24. The van der Waals surface area contributed by atoms with Crippen LogP contribution in [0.2, 0.25) is 0 Å². The van der Waals surface area contributed by atoms with Gasteiger partial charge in [-0.05, 0) is 31.2 Å². The average molecular weight is 279 g/mol. The van der Waals surface area contributed by atoms with Crippen molar-refractivity contribution in [1.82, 2.24) is 5.32 Å². The van der Waals surface area contributed by atoms with Crippen LogP contribution in [0.4, 0.5) is 0 Å². The second-order valence-corrected chi connectivity index (χ2v) is 4.31. The van der Waals surface area contributed by atoms with Crippen LogP contribution < -0.4 is 14.8 Å². The average Bonchev–Trinajstić information content (AvgIpc) is 2.44. The first-order chi connectivity index (χ1) is 9.60. The molecule has 0 heterocycles. The smallest absolute Gasteiger partial charge is 0.244 e. The maximum absolute atomic E-state index is 11.7. The highest BCUT2D eigenvalue weighted by atomic mass is 16.5. The molecule has 0 saturated carbocycles. The molecule has 5 heteroatoms. The summed E-state index contributed by atoms with van der Waals surface area (Å²) >= 11 is 0. The minimum Gasteiger partial charge on any atom is -0.497 e. The second kappa shape index (κ2) is 8.22. The maximum atomic E-state index is 11.7. The van der Waals surface area contributed by atoms with Crippen molar-refractivity contribution < 1.29 is 19.0 Å². The molecule has 20 heavy (non-hydrogen) atoms. The Morgan fingerprint density at radius 2 is 2.05 bits per heavy atom. The van der Waals surface area contributed by atoms with Gasteiger partial charge in [0, 0.05) is 24.8 Å². The fourth-order valence-corrected chi connectivity index (χ4v) is 1.72. The quantitative estimate of drug-likeness (QED) is 0.774. The van der Waals surface area contributed by atoms with Crippen LogP contribution in [0, 0.1) is 0 Å². The number of hydrogen-bond donors (Lipinski definition) is 1. The van der Waals surface area contributed by atoms with Gasteiger partial charge in [-0.15, -0.1) is 0 Å². The Balaban J connectivity index is 2.75. The Hall–Kier alpha value is -2.01. The van der Waals surface area contributed by atoms with Crippen molar-refractivity contribution in [2.75, 3.05) is 27.9 Å². The van der Waals surface area contributed by atoms with Crippen molar-refractivity contribution in [3.63, 3.8) is 0 Å². The minimum atomic E-state index is -0.181. The zero-order valence-corrected chi connectivity index (χ0v) is 12.3. The van der Waals surface area contributed by atoms with E-state index in [1.807, 2.05) is 6.92 Å². The van der Waals surface area contributed by atoms with E-state index in [0.29, 0.717) is 18.1 Å². The molecule has 0 radical (unpaired) electrons. The van der Waals surface area contributed by atoms with E-state index >= 15 is 0 Å². The molecule has 1 atom stereocenters. The van der Waals surface area contributed by atoms with Crippen LogP contribution in [0.3, 0.4) is 0 Å². The van der Waals surface area contributed by atoms with Gasteiger partial charge in [-0.25, -0.2) is 0 Å². The van der Waals surface area contributed by atoms with E-state index in [0.717, 1.165) is 5.56 Å². The molecule has 0 aliphatic rings. The van der Waals surface area contributed by atoms with E-state index in [1.54, 1.807) is 45.6 Å². The van der Waals surface area contributed by atoms with Crippen molar-refractivity contribution in [1.29, 1.82) is 0 Å². The molecule has 110 valence electrons. The lowest BCUT2D eigenvalue weighted by molar-refractivity contribution is -0.117. The Morgan fingerprint density at radius 1 is 1.30 bits per heavy atom. The number of benzene rings is 1. The molecule has 0 fully saturated rings. The summed E-state index contributed by atoms with van der Waals surface area (Å²) < 4.78 is 15.3. The number of hydrogen-bond acceptors (Lipinski definition) is 4. The number of carbonyl (C=O) groups is 1. The van der Waals surface area contributed by atoms with E-state index in [2.05, 4.69) is 5.32 Å². The molecular weight excluding hydrogens is 258 g/mol. The molecule has 1 unspecified atom stereocenters. The second-order valence-electron chi connectivity index (χ2n) is 4.31. The molecule has 1 aromatic carbocycles. The fraction of sp³-hybridized carbons (Fsp3) is 0.400. The van der Waals surface area contributed by atoms with Crippen LogP contribution in [-0.2, 0) is 9.53 Å². The monoisotopic (exact) mass is 279 g/mol. The van der Waals surface area contributed by atoms with Crippen LogP contribution in [-0.4, -0.2) is 39.9 Å². The zero-order valence-electron chi connectivity index (χ0n) is 12.3.